The van der Waals surface area contributed by atoms with E-state index >= 15 is 0 Å². The first-order chi connectivity index (χ1) is 20.5. The number of amides is 4. The second-order valence-corrected chi connectivity index (χ2v) is 12.2. The lowest BCUT2D eigenvalue weighted by Gasteiger charge is -2.13. The Labute approximate surface area is 250 Å². The Morgan fingerprint density at radius 3 is 2.19 bits per heavy atom. The Morgan fingerprint density at radius 2 is 1.50 bits per heavy atom. The van der Waals surface area contributed by atoms with Crippen molar-refractivity contribution in [1.82, 2.24) is 10.2 Å². The van der Waals surface area contributed by atoms with Crippen LogP contribution >= 0.6 is 11.3 Å². The van der Waals surface area contributed by atoms with Crippen LogP contribution in [0.1, 0.15) is 118 Å². The van der Waals surface area contributed by atoms with Gasteiger partial charge in [0.2, 0.25) is 5.91 Å². The van der Waals surface area contributed by atoms with E-state index in [1.54, 1.807) is 47.9 Å². The van der Waals surface area contributed by atoms with Crippen molar-refractivity contribution >= 4 is 40.0 Å². The SMILES string of the molecule is O=C(CCCCCCCCCCN1C(=O)c2ccccc2C1=O)Nc1sc2c(c1C(=O)NCc1ccco1)CCCC2. The quantitative estimate of drug-likeness (QED) is 0.148. The number of imide groups is 1. The minimum absolute atomic E-state index is 0.0400. The van der Waals surface area contributed by atoms with Gasteiger partial charge in [-0.3, -0.25) is 24.1 Å². The minimum atomic E-state index is -0.178. The fourth-order valence-electron chi connectivity index (χ4n) is 5.81. The molecule has 3 aromatic rings. The van der Waals surface area contributed by atoms with Gasteiger partial charge in [-0.15, -0.1) is 11.3 Å². The lowest BCUT2D eigenvalue weighted by atomic mass is 9.95. The first-order valence-corrected chi connectivity index (χ1v) is 16.0. The first kappa shape index (κ1) is 29.8. The number of hydrogen-bond acceptors (Lipinski definition) is 6. The van der Waals surface area contributed by atoms with Crippen LogP contribution in [-0.4, -0.2) is 35.1 Å². The predicted octanol–water partition coefficient (Wildman–Crippen LogP) is 6.90. The maximum Gasteiger partial charge on any atom is 0.261 e. The van der Waals surface area contributed by atoms with Crippen molar-refractivity contribution in [2.45, 2.75) is 90.0 Å². The number of nitrogens with zero attached hydrogens (tertiary/aromatic N) is 1. The summed E-state index contributed by atoms with van der Waals surface area (Å²) in [5.41, 5.74) is 2.73. The highest BCUT2D eigenvalue weighted by Crippen LogP contribution is 2.38. The summed E-state index contributed by atoms with van der Waals surface area (Å²) in [6, 6.07) is 10.6. The standard InChI is InChI=1S/C33H39N3O5S/c37-28(35-31-29(26-17-10-11-18-27(26)42-31)30(38)34-22-23-14-13-21-41-23)19-7-5-3-1-2-4-6-12-20-36-32(39)24-15-8-9-16-25(24)33(36)40/h8-9,13-16,21H,1-7,10-12,17-20,22H2,(H,34,38)(H,35,37). The average molecular weight is 590 g/mol. The van der Waals surface area contributed by atoms with Crippen LogP contribution in [0.4, 0.5) is 5.00 Å². The maximum absolute atomic E-state index is 13.1. The summed E-state index contributed by atoms with van der Waals surface area (Å²) >= 11 is 1.55. The number of nitrogens with one attached hydrogen (secondary N) is 2. The topological polar surface area (TPSA) is 109 Å². The summed E-state index contributed by atoms with van der Waals surface area (Å²) in [6.07, 6.45) is 14.0. The average Bonchev–Trinajstić information content (AvgIpc) is 3.71. The van der Waals surface area contributed by atoms with Gasteiger partial charge >= 0.3 is 0 Å². The molecule has 5 rings (SSSR count). The van der Waals surface area contributed by atoms with E-state index in [9.17, 15) is 19.2 Å². The number of thiophene rings is 1. The monoisotopic (exact) mass is 589 g/mol. The fourth-order valence-corrected chi connectivity index (χ4v) is 7.11. The third kappa shape index (κ3) is 7.18. The molecule has 8 nitrogen and oxygen atoms in total. The van der Waals surface area contributed by atoms with Gasteiger partial charge in [0.05, 0.1) is 29.5 Å². The van der Waals surface area contributed by atoms with Crippen LogP contribution in [0.2, 0.25) is 0 Å². The zero-order valence-electron chi connectivity index (χ0n) is 24.0. The van der Waals surface area contributed by atoms with Crippen molar-refractivity contribution in [2.75, 3.05) is 11.9 Å². The van der Waals surface area contributed by atoms with Crippen LogP contribution in [0, 0.1) is 0 Å². The first-order valence-electron chi connectivity index (χ1n) is 15.2. The molecule has 3 heterocycles. The molecular formula is C33H39N3O5S. The molecule has 9 heteroatoms. The fraction of sp³-hybridized carbons (Fsp3) is 0.455. The lowest BCUT2D eigenvalue weighted by Crippen LogP contribution is -2.30. The Balaban J connectivity index is 0.966. The maximum atomic E-state index is 13.1. The molecule has 0 saturated carbocycles. The van der Waals surface area contributed by atoms with Crippen LogP contribution in [0.25, 0.3) is 0 Å². The highest BCUT2D eigenvalue weighted by Gasteiger charge is 2.34. The number of anilines is 1. The summed E-state index contributed by atoms with van der Waals surface area (Å²) in [6.45, 7) is 0.790. The number of benzene rings is 1. The van der Waals surface area contributed by atoms with Crippen molar-refractivity contribution in [3.8, 4) is 0 Å². The third-order valence-corrected chi connectivity index (χ3v) is 9.28. The normalized spacial score (nSPS) is 14.1. The van der Waals surface area contributed by atoms with Crippen LogP contribution in [0.15, 0.2) is 47.1 Å². The lowest BCUT2D eigenvalue weighted by molar-refractivity contribution is -0.116. The molecule has 222 valence electrons. The molecule has 4 amide bonds. The van der Waals surface area contributed by atoms with Crippen molar-refractivity contribution in [3.05, 3.63) is 75.6 Å². The number of fused-ring (bicyclic) bond motifs is 2. The summed E-state index contributed by atoms with van der Waals surface area (Å²) < 4.78 is 5.34. The van der Waals surface area contributed by atoms with Gasteiger partial charge in [-0.2, -0.15) is 0 Å². The molecule has 0 unspecified atom stereocenters. The Morgan fingerprint density at radius 1 is 0.833 bits per heavy atom. The van der Waals surface area contributed by atoms with Gasteiger partial charge < -0.3 is 15.1 Å². The van der Waals surface area contributed by atoms with Gasteiger partial charge in [0.1, 0.15) is 10.8 Å². The Kier molecular flexibility index (Phi) is 10.2. The van der Waals surface area contributed by atoms with Gasteiger partial charge in [0.15, 0.2) is 0 Å². The number of furan rings is 1. The van der Waals surface area contributed by atoms with Crippen LogP contribution in [0.3, 0.4) is 0 Å². The molecule has 1 aliphatic carbocycles. The Hall–Kier alpha value is -3.72. The van der Waals surface area contributed by atoms with E-state index in [-0.39, 0.29) is 23.6 Å². The van der Waals surface area contributed by atoms with E-state index in [4.69, 9.17) is 4.42 Å². The van der Waals surface area contributed by atoms with Gasteiger partial charge in [0, 0.05) is 17.8 Å². The van der Waals surface area contributed by atoms with E-state index in [1.807, 2.05) is 6.07 Å². The molecule has 0 radical (unpaired) electrons. The van der Waals surface area contributed by atoms with E-state index in [0.29, 0.717) is 47.0 Å². The van der Waals surface area contributed by atoms with Crippen LogP contribution in [-0.2, 0) is 24.2 Å². The van der Waals surface area contributed by atoms with Gasteiger partial charge in [-0.25, -0.2) is 0 Å². The molecule has 0 atom stereocenters. The molecule has 42 heavy (non-hydrogen) atoms. The smallest absolute Gasteiger partial charge is 0.261 e. The summed E-state index contributed by atoms with van der Waals surface area (Å²) in [7, 11) is 0. The number of aryl methyl sites for hydroxylation is 1. The van der Waals surface area contributed by atoms with E-state index in [1.165, 1.54) is 9.78 Å². The zero-order valence-corrected chi connectivity index (χ0v) is 24.9. The summed E-state index contributed by atoms with van der Waals surface area (Å²) in [5.74, 6) is 0.136. The van der Waals surface area contributed by atoms with Crippen LogP contribution < -0.4 is 10.6 Å². The number of rotatable bonds is 15. The molecule has 2 N–H and O–H groups in total. The molecule has 2 aliphatic rings. The van der Waals surface area contributed by atoms with E-state index in [2.05, 4.69) is 10.6 Å². The van der Waals surface area contributed by atoms with Gasteiger partial charge in [-0.05, 0) is 68.4 Å². The van der Waals surface area contributed by atoms with Crippen molar-refractivity contribution in [1.29, 1.82) is 0 Å². The molecule has 0 saturated heterocycles. The van der Waals surface area contributed by atoms with Crippen molar-refractivity contribution in [3.63, 3.8) is 0 Å². The number of unbranched alkanes of at least 4 members (excludes halogenated alkanes) is 7. The highest BCUT2D eigenvalue weighted by atomic mass is 32.1. The summed E-state index contributed by atoms with van der Waals surface area (Å²) in [5, 5.41) is 6.67. The molecule has 1 aliphatic heterocycles. The number of carbonyl (C=O) groups excluding carboxylic acids is 4. The molecule has 0 fully saturated rings. The van der Waals surface area contributed by atoms with E-state index < -0.39 is 0 Å². The summed E-state index contributed by atoms with van der Waals surface area (Å²) in [4.78, 5) is 53.4. The largest absolute Gasteiger partial charge is 0.467 e. The molecule has 0 spiro atoms. The second kappa shape index (κ2) is 14.4. The predicted molar refractivity (Wildman–Crippen MR) is 163 cm³/mol. The number of hydrogen-bond donors (Lipinski definition) is 2. The zero-order chi connectivity index (χ0) is 29.3. The Bertz CT molecular complexity index is 1380. The number of carbonyl (C=O) groups is 4. The molecule has 0 bridgehead atoms. The van der Waals surface area contributed by atoms with Gasteiger partial charge in [-0.1, -0.05) is 50.7 Å². The van der Waals surface area contributed by atoms with Crippen molar-refractivity contribution in [2.24, 2.45) is 0 Å². The minimum Gasteiger partial charge on any atom is -0.467 e. The highest BCUT2D eigenvalue weighted by molar-refractivity contribution is 7.17. The third-order valence-electron chi connectivity index (χ3n) is 8.07. The molecular weight excluding hydrogens is 550 g/mol. The molecule has 1 aromatic carbocycles. The van der Waals surface area contributed by atoms with E-state index in [0.717, 1.165) is 82.6 Å². The second-order valence-electron chi connectivity index (χ2n) is 11.1. The van der Waals surface area contributed by atoms with Crippen molar-refractivity contribution < 1.29 is 23.6 Å². The molecule has 2 aromatic heterocycles. The van der Waals surface area contributed by atoms with Crippen LogP contribution in [0.5, 0.6) is 0 Å². The van der Waals surface area contributed by atoms with Gasteiger partial charge in [0.25, 0.3) is 17.7 Å².